The van der Waals surface area contributed by atoms with Gasteiger partial charge in [0.1, 0.15) is 0 Å². The highest BCUT2D eigenvalue weighted by Gasteiger charge is 2.33. The first-order chi connectivity index (χ1) is 9.36. The summed E-state index contributed by atoms with van der Waals surface area (Å²) in [5.41, 5.74) is 4.35. The van der Waals surface area contributed by atoms with Crippen LogP contribution < -0.4 is 5.32 Å². The van der Waals surface area contributed by atoms with Crippen molar-refractivity contribution in [3.05, 3.63) is 34.9 Å². The fourth-order valence-corrected chi connectivity index (χ4v) is 3.20. The van der Waals surface area contributed by atoms with E-state index in [-0.39, 0.29) is 5.54 Å². The van der Waals surface area contributed by atoms with Crippen molar-refractivity contribution in [2.45, 2.75) is 59.5 Å². The molecule has 20 heavy (non-hydrogen) atoms. The van der Waals surface area contributed by atoms with E-state index in [0.717, 1.165) is 19.5 Å². The summed E-state index contributed by atoms with van der Waals surface area (Å²) in [6, 6.07) is 7.21. The summed E-state index contributed by atoms with van der Waals surface area (Å²) in [4.78, 5) is 2.54. The number of aryl methyl sites for hydroxylation is 2. The lowest BCUT2D eigenvalue weighted by Crippen LogP contribution is -2.57. The fraction of sp³-hybridized carbons (Fsp3) is 0.667. The summed E-state index contributed by atoms with van der Waals surface area (Å²) in [7, 11) is 2.08. The molecule has 0 fully saturated rings. The Balaban J connectivity index is 2.99. The van der Waals surface area contributed by atoms with Crippen LogP contribution in [-0.2, 0) is 6.42 Å². The molecule has 1 aromatic carbocycles. The van der Waals surface area contributed by atoms with E-state index < -0.39 is 0 Å². The van der Waals surface area contributed by atoms with Crippen molar-refractivity contribution in [3.63, 3.8) is 0 Å². The number of benzene rings is 1. The van der Waals surface area contributed by atoms with Crippen LogP contribution >= 0.6 is 0 Å². The van der Waals surface area contributed by atoms with Gasteiger partial charge in [0.2, 0.25) is 0 Å². The Morgan fingerprint density at radius 2 is 1.75 bits per heavy atom. The first-order valence-electron chi connectivity index (χ1n) is 7.85. The molecule has 1 aromatic rings. The highest BCUT2D eigenvalue weighted by Crippen LogP contribution is 2.23. The van der Waals surface area contributed by atoms with Crippen molar-refractivity contribution in [2.24, 2.45) is 0 Å². The number of hydrogen-bond donors (Lipinski definition) is 1. The van der Waals surface area contributed by atoms with Crippen LogP contribution in [0.5, 0.6) is 0 Å². The normalized spacial score (nSPS) is 13.8. The van der Waals surface area contributed by atoms with E-state index in [9.17, 15) is 0 Å². The molecule has 1 rings (SSSR count). The Kier molecular flexibility index (Phi) is 6.22. The van der Waals surface area contributed by atoms with Gasteiger partial charge in [-0.3, -0.25) is 4.90 Å². The van der Waals surface area contributed by atoms with Crippen LogP contribution in [0, 0.1) is 13.8 Å². The summed E-state index contributed by atoms with van der Waals surface area (Å²) < 4.78 is 0. The van der Waals surface area contributed by atoms with Crippen LogP contribution in [0.2, 0.25) is 0 Å². The van der Waals surface area contributed by atoms with Crippen LogP contribution in [0.4, 0.5) is 0 Å². The number of rotatable bonds is 7. The van der Waals surface area contributed by atoms with E-state index in [0.29, 0.717) is 6.04 Å². The zero-order valence-corrected chi connectivity index (χ0v) is 14.4. The summed E-state index contributed by atoms with van der Waals surface area (Å²) in [6.07, 6.45) is 1.08. The summed E-state index contributed by atoms with van der Waals surface area (Å²) in [5.74, 6) is 0. The van der Waals surface area contributed by atoms with Gasteiger partial charge >= 0.3 is 0 Å². The molecule has 0 amide bonds. The minimum atomic E-state index is 0.147. The summed E-state index contributed by atoms with van der Waals surface area (Å²) >= 11 is 0. The highest BCUT2D eigenvalue weighted by molar-refractivity contribution is 5.31. The van der Waals surface area contributed by atoms with Gasteiger partial charge in [0.15, 0.2) is 0 Å². The molecule has 0 aliphatic heterocycles. The largest absolute Gasteiger partial charge is 0.315 e. The number of nitrogens with one attached hydrogen (secondary N) is 1. The second kappa shape index (κ2) is 7.24. The third kappa shape index (κ3) is 3.83. The average Bonchev–Trinajstić information content (AvgIpc) is 2.40. The minimum Gasteiger partial charge on any atom is -0.315 e. The van der Waals surface area contributed by atoms with Gasteiger partial charge < -0.3 is 5.32 Å². The van der Waals surface area contributed by atoms with Crippen molar-refractivity contribution in [1.82, 2.24) is 10.2 Å². The topological polar surface area (TPSA) is 15.3 Å². The average molecular weight is 276 g/mol. The standard InChI is InChI=1S/C18H32N2/c1-8-20(9-2)18(5,6)17(19-7)13-16-12-14(3)10-11-15(16)4/h10-12,17,19H,8-9,13H2,1-7H3. The minimum absolute atomic E-state index is 0.147. The predicted octanol–water partition coefficient (Wildman–Crippen LogP) is 3.55. The molecule has 0 saturated carbocycles. The van der Waals surface area contributed by atoms with Crippen LogP contribution in [0.15, 0.2) is 18.2 Å². The maximum absolute atomic E-state index is 3.54. The quantitative estimate of drug-likeness (QED) is 0.819. The molecule has 0 heterocycles. The smallest absolute Gasteiger partial charge is 0.0309 e. The molecule has 0 aliphatic carbocycles. The Bertz CT molecular complexity index is 419. The Morgan fingerprint density at radius 3 is 2.25 bits per heavy atom. The summed E-state index contributed by atoms with van der Waals surface area (Å²) in [5, 5.41) is 3.54. The molecule has 2 heteroatoms. The van der Waals surface area contributed by atoms with Gasteiger partial charge in [-0.15, -0.1) is 0 Å². The van der Waals surface area contributed by atoms with Crippen LogP contribution in [-0.4, -0.2) is 36.6 Å². The lowest BCUT2D eigenvalue weighted by Gasteiger charge is -2.43. The van der Waals surface area contributed by atoms with Crippen molar-refractivity contribution < 1.29 is 0 Å². The van der Waals surface area contributed by atoms with Gasteiger partial charge in [0.05, 0.1) is 0 Å². The lowest BCUT2D eigenvalue weighted by atomic mass is 9.86. The van der Waals surface area contributed by atoms with E-state index in [2.05, 4.69) is 77.0 Å². The fourth-order valence-electron chi connectivity index (χ4n) is 3.20. The number of hydrogen-bond acceptors (Lipinski definition) is 2. The van der Waals surface area contributed by atoms with Gasteiger partial charge in [0.25, 0.3) is 0 Å². The van der Waals surface area contributed by atoms with Crippen LogP contribution in [0.3, 0.4) is 0 Å². The first kappa shape index (κ1) is 17.2. The van der Waals surface area contributed by atoms with Crippen molar-refractivity contribution in [1.29, 1.82) is 0 Å². The molecule has 1 unspecified atom stereocenters. The van der Waals surface area contributed by atoms with E-state index in [1.165, 1.54) is 16.7 Å². The maximum atomic E-state index is 3.54. The second-order valence-electron chi connectivity index (χ2n) is 6.30. The predicted molar refractivity (Wildman–Crippen MR) is 89.5 cm³/mol. The number of nitrogens with zero attached hydrogens (tertiary/aromatic N) is 1. The van der Waals surface area contributed by atoms with Crippen molar-refractivity contribution >= 4 is 0 Å². The summed E-state index contributed by atoms with van der Waals surface area (Å²) in [6.45, 7) is 15.8. The molecule has 0 aliphatic rings. The maximum Gasteiger partial charge on any atom is 0.0309 e. The number of likely N-dealkylation sites (N-methyl/N-ethyl adjacent to an activating group) is 2. The Morgan fingerprint density at radius 1 is 1.15 bits per heavy atom. The molecule has 1 atom stereocenters. The zero-order chi connectivity index (χ0) is 15.3. The molecule has 0 bridgehead atoms. The van der Waals surface area contributed by atoms with E-state index in [1.807, 2.05) is 0 Å². The molecule has 0 saturated heterocycles. The van der Waals surface area contributed by atoms with E-state index >= 15 is 0 Å². The molecular formula is C18H32N2. The highest BCUT2D eigenvalue weighted by atomic mass is 15.2. The molecule has 0 aromatic heterocycles. The second-order valence-corrected chi connectivity index (χ2v) is 6.30. The third-order valence-corrected chi connectivity index (χ3v) is 4.71. The third-order valence-electron chi connectivity index (χ3n) is 4.71. The molecular weight excluding hydrogens is 244 g/mol. The van der Waals surface area contributed by atoms with Crippen molar-refractivity contribution in [3.8, 4) is 0 Å². The molecule has 0 spiro atoms. The van der Waals surface area contributed by atoms with Crippen LogP contribution in [0.1, 0.15) is 44.4 Å². The van der Waals surface area contributed by atoms with E-state index in [1.54, 1.807) is 0 Å². The van der Waals surface area contributed by atoms with Gasteiger partial charge in [-0.25, -0.2) is 0 Å². The molecule has 114 valence electrons. The van der Waals surface area contributed by atoms with Gasteiger partial charge in [-0.1, -0.05) is 37.6 Å². The molecule has 1 N–H and O–H groups in total. The first-order valence-corrected chi connectivity index (χ1v) is 7.85. The van der Waals surface area contributed by atoms with Gasteiger partial charge in [0, 0.05) is 11.6 Å². The molecule has 2 nitrogen and oxygen atoms in total. The van der Waals surface area contributed by atoms with Gasteiger partial charge in [-0.2, -0.15) is 0 Å². The Labute approximate surface area is 125 Å². The van der Waals surface area contributed by atoms with E-state index in [4.69, 9.17) is 0 Å². The Hall–Kier alpha value is -0.860. The monoisotopic (exact) mass is 276 g/mol. The lowest BCUT2D eigenvalue weighted by molar-refractivity contribution is 0.0943. The molecule has 0 radical (unpaired) electrons. The van der Waals surface area contributed by atoms with Gasteiger partial charge in [-0.05, 0) is 65.4 Å². The van der Waals surface area contributed by atoms with Crippen molar-refractivity contribution in [2.75, 3.05) is 20.1 Å². The zero-order valence-electron chi connectivity index (χ0n) is 14.4. The SMILES string of the molecule is CCN(CC)C(C)(C)C(Cc1cc(C)ccc1C)NC. The van der Waals surface area contributed by atoms with Crippen LogP contribution in [0.25, 0.3) is 0 Å².